The number of aromatic nitrogens is 1. The van der Waals surface area contributed by atoms with Crippen molar-refractivity contribution in [1.82, 2.24) is 4.98 Å². The zero-order valence-corrected chi connectivity index (χ0v) is 10.7. The maximum absolute atomic E-state index is 12.2. The molecule has 0 atom stereocenters. The number of nitrogens with zero attached hydrogens (tertiary/aromatic N) is 1. The summed E-state index contributed by atoms with van der Waals surface area (Å²) >= 11 is 0. The number of nitrogens with one attached hydrogen (secondary N) is 1. The molecule has 0 fully saturated rings. The second-order valence-corrected chi connectivity index (χ2v) is 4.48. The summed E-state index contributed by atoms with van der Waals surface area (Å²) < 4.78 is 0. The van der Waals surface area contributed by atoms with Crippen LogP contribution in [0, 0.1) is 0 Å². The minimum atomic E-state index is -0.186. The number of benzene rings is 2. The number of anilines is 2. The second kappa shape index (κ2) is 5.01. The molecule has 0 saturated carbocycles. The van der Waals surface area contributed by atoms with Crippen molar-refractivity contribution in [3.63, 3.8) is 0 Å². The fourth-order valence-electron chi connectivity index (χ4n) is 2.10. The first-order valence-electron chi connectivity index (χ1n) is 6.24. The Kier molecular flexibility index (Phi) is 3.05. The molecule has 3 aromatic rings. The summed E-state index contributed by atoms with van der Waals surface area (Å²) in [5, 5.41) is 4.84. The maximum atomic E-state index is 12.2. The van der Waals surface area contributed by atoms with Crippen LogP contribution in [0.25, 0.3) is 10.8 Å². The first-order chi connectivity index (χ1) is 9.74. The largest absolute Gasteiger partial charge is 0.399 e. The monoisotopic (exact) mass is 263 g/mol. The van der Waals surface area contributed by atoms with Gasteiger partial charge in [-0.15, -0.1) is 0 Å². The molecule has 2 aromatic carbocycles. The number of pyridine rings is 1. The summed E-state index contributed by atoms with van der Waals surface area (Å²) in [7, 11) is 0. The van der Waals surface area contributed by atoms with E-state index in [4.69, 9.17) is 5.73 Å². The summed E-state index contributed by atoms with van der Waals surface area (Å²) in [4.78, 5) is 16.3. The van der Waals surface area contributed by atoms with Gasteiger partial charge in [-0.25, -0.2) is 0 Å². The van der Waals surface area contributed by atoms with Crippen molar-refractivity contribution in [2.75, 3.05) is 11.1 Å². The molecule has 0 aliphatic heterocycles. The summed E-state index contributed by atoms with van der Waals surface area (Å²) in [6.07, 6.45) is 3.47. The third-order valence-corrected chi connectivity index (χ3v) is 3.08. The average molecular weight is 263 g/mol. The maximum Gasteiger partial charge on any atom is 0.255 e. The van der Waals surface area contributed by atoms with Crippen molar-refractivity contribution in [1.29, 1.82) is 0 Å². The van der Waals surface area contributed by atoms with Crippen LogP contribution < -0.4 is 11.1 Å². The molecule has 0 radical (unpaired) electrons. The molecule has 0 unspecified atom stereocenters. The molecule has 0 saturated heterocycles. The third kappa shape index (κ3) is 2.31. The molecule has 0 bridgehead atoms. The van der Waals surface area contributed by atoms with Crippen LogP contribution in [0.2, 0.25) is 0 Å². The van der Waals surface area contributed by atoms with Gasteiger partial charge in [-0.1, -0.05) is 18.2 Å². The number of amides is 1. The number of rotatable bonds is 2. The number of nitrogen functional groups attached to an aromatic ring is 1. The van der Waals surface area contributed by atoms with Crippen LogP contribution in [0.15, 0.2) is 60.9 Å². The van der Waals surface area contributed by atoms with Gasteiger partial charge in [-0.05, 0) is 35.7 Å². The molecule has 4 nitrogen and oxygen atoms in total. The summed E-state index contributed by atoms with van der Waals surface area (Å²) in [6, 6.07) is 14.5. The summed E-state index contributed by atoms with van der Waals surface area (Å²) in [5.74, 6) is -0.186. The van der Waals surface area contributed by atoms with Crippen LogP contribution >= 0.6 is 0 Å². The lowest BCUT2D eigenvalue weighted by Gasteiger charge is -2.08. The molecule has 4 heteroatoms. The highest BCUT2D eigenvalue weighted by Crippen LogP contribution is 2.22. The van der Waals surface area contributed by atoms with Gasteiger partial charge in [0.25, 0.3) is 5.91 Å². The summed E-state index contributed by atoms with van der Waals surface area (Å²) in [5.41, 5.74) is 7.53. The van der Waals surface area contributed by atoms with E-state index >= 15 is 0 Å². The molecule has 1 aromatic heterocycles. The lowest BCUT2D eigenvalue weighted by atomic mass is 10.1. The van der Waals surface area contributed by atoms with Crippen molar-refractivity contribution >= 4 is 28.1 Å². The number of fused-ring (bicyclic) bond motifs is 1. The molecule has 0 spiro atoms. The van der Waals surface area contributed by atoms with Gasteiger partial charge in [0.1, 0.15) is 0 Å². The number of carbonyl (C=O) groups is 1. The Bertz CT molecular complexity index is 778. The zero-order valence-electron chi connectivity index (χ0n) is 10.7. The minimum absolute atomic E-state index is 0.186. The molecule has 1 amide bonds. The van der Waals surface area contributed by atoms with Crippen molar-refractivity contribution < 1.29 is 4.79 Å². The lowest BCUT2D eigenvalue weighted by molar-refractivity contribution is 0.102. The van der Waals surface area contributed by atoms with E-state index in [0.717, 1.165) is 16.5 Å². The van der Waals surface area contributed by atoms with E-state index in [9.17, 15) is 4.79 Å². The van der Waals surface area contributed by atoms with Gasteiger partial charge in [-0.3, -0.25) is 9.78 Å². The van der Waals surface area contributed by atoms with Crippen LogP contribution in [-0.4, -0.2) is 10.9 Å². The van der Waals surface area contributed by atoms with Crippen molar-refractivity contribution in [3.8, 4) is 0 Å². The van der Waals surface area contributed by atoms with Crippen molar-refractivity contribution in [3.05, 3.63) is 66.5 Å². The molecule has 1 heterocycles. The smallest absolute Gasteiger partial charge is 0.255 e. The Hall–Kier alpha value is -2.88. The van der Waals surface area contributed by atoms with E-state index in [1.807, 2.05) is 24.3 Å². The fourth-order valence-corrected chi connectivity index (χ4v) is 2.10. The van der Waals surface area contributed by atoms with E-state index in [1.54, 1.807) is 36.7 Å². The molecular formula is C16H13N3O. The number of carbonyl (C=O) groups excluding carboxylic acids is 1. The Balaban J connectivity index is 1.95. The van der Waals surface area contributed by atoms with Crippen LogP contribution in [0.1, 0.15) is 10.4 Å². The topological polar surface area (TPSA) is 68.0 Å². The van der Waals surface area contributed by atoms with Crippen molar-refractivity contribution in [2.24, 2.45) is 0 Å². The average Bonchev–Trinajstić information content (AvgIpc) is 2.47. The molecule has 20 heavy (non-hydrogen) atoms. The normalized spacial score (nSPS) is 10.4. The molecule has 3 N–H and O–H groups in total. The van der Waals surface area contributed by atoms with E-state index in [1.165, 1.54) is 0 Å². The Labute approximate surface area is 116 Å². The van der Waals surface area contributed by atoms with E-state index in [2.05, 4.69) is 10.3 Å². The Morgan fingerprint density at radius 2 is 1.95 bits per heavy atom. The quantitative estimate of drug-likeness (QED) is 0.698. The van der Waals surface area contributed by atoms with Crippen LogP contribution in [-0.2, 0) is 0 Å². The van der Waals surface area contributed by atoms with Gasteiger partial charge in [0.15, 0.2) is 0 Å². The molecular weight excluding hydrogens is 250 g/mol. The zero-order chi connectivity index (χ0) is 13.9. The molecule has 0 aliphatic carbocycles. The predicted molar refractivity (Wildman–Crippen MR) is 80.6 cm³/mol. The molecule has 0 aliphatic rings. The Morgan fingerprint density at radius 1 is 1.10 bits per heavy atom. The number of nitrogens with two attached hydrogens (primary N) is 1. The lowest BCUT2D eigenvalue weighted by Crippen LogP contribution is -2.12. The minimum Gasteiger partial charge on any atom is -0.399 e. The van der Waals surface area contributed by atoms with Gasteiger partial charge in [0.2, 0.25) is 0 Å². The van der Waals surface area contributed by atoms with E-state index in [0.29, 0.717) is 11.3 Å². The van der Waals surface area contributed by atoms with Gasteiger partial charge >= 0.3 is 0 Å². The molecule has 98 valence electrons. The number of hydrogen-bond donors (Lipinski definition) is 2. The van der Waals surface area contributed by atoms with Gasteiger partial charge < -0.3 is 11.1 Å². The van der Waals surface area contributed by atoms with E-state index in [-0.39, 0.29) is 5.91 Å². The van der Waals surface area contributed by atoms with E-state index < -0.39 is 0 Å². The molecule has 3 rings (SSSR count). The first kappa shape index (κ1) is 12.2. The van der Waals surface area contributed by atoms with Crippen LogP contribution in [0.5, 0.6) is 0 Å². The summed E-state index contributed by atoms with van der Waals surface area (Å²) in [6.45, 7) is 0. The standard InChI is InChI=1S/C16H13N3O/c17-13-5-1-4-12(9-13)16(20)19-15-6-2-3-11-7-8-18-10-14(11)15/h1-10H,17H2,(H,19,20). The SMILES string of the molecule is Nc1cccc(C(=O)Nc2cccc3ccncc23)c1. The highest BCUT2D eigenvalue weighted by atomic mass is 16.1. The van der Waals surface area contributed by atoms with Crippen LogP contribution in [0.4, 0.5) is 11.4 Å². The number of hydrogen-bond acceptors (Lipinski definition) is 3. The second-order valence-electron chi connectivity index (χ2n) is 4.48. The fraction of sp³-hybridized carbons (Fsp3) is 0. The van der Waals surface area contributed by atoms with Crippen LogP contribution in [0.3, 0.4) is 0 Å². The van der Waals surface area contributed by atoms with Crippen molar-refractivity contribution in [2.45, 2.75) is 0 Å². The highest BCUT2D eigenvalue weighted by Gasteiger charge is 2.08. The van der Waals surface area contributed by atoms with Gasteiger partial charge in [-0.2, -0.15) is 0 Å². The van der Waals surface area contributed by atoms with Gasteiger partial charge in [0, 0.05) is 29.0 Å². The van der Waals surface area contributed by atoms with Gasteiger partial charge in [0.05, 0.1) is 5.69 Å². The third-order valence-electron chi connectivity index (χ3n) is 3.08. The Morgan fingerprint density at radius 3 is 2.80 bits per heavy atom. The first-order valence-corrected chi connectivity index (χ1v) is 6.24. The highest BCUT2D eigenvalue weighted by molar-refractivity contribution is 6.09. The predicted octanol–water partition coefficient (Wildman–Crippen LogP) is 3.07.